The van der Waals surface area contributed by atoms with E-state index in [2.05, 4.69) is 15.2 Å². The van der Waals surface area contributed by atoms with E-state index in [1.54, 1.807) is 36.7 Å². The molecule has 1 saturated heterocycles. The molecule has 0 bridgehead atoms. The fourth-order valence-electron chi connectivity index (χ4n) is 3.12. The summed E-state index contributed by atoms with van der Waals surface area (Å²) in [7, 11) is 0. The summed E-state index contributed by atoms with van der Waals surface area (Å²) in [5, 5.41) is 13.6. The number of pyridine rings is 1. The number of nitrogens with one attached hydrogen (secondary N) is 1. The Balaban J connectivity index is 1.46. The molecular formula is C19H22FN3O2. The van der Waals surface area contributed by atoms with Crippen molar-refractivity contribution in [2.75, 3.05) is 25.0 Å². The number of anilines is 1. The quantitative estimate of drug-likeness (QED) is 0.876. The van der Waals surface area contributed by atoms with E-state index in [0.29, 0.717) is 44.6 Å². The van der Waals surface area contributed by atoms with E-state index >= 15 is 0 Å². The summed E-state index contributed by atoms with van der Waals surface area (Å²) in [4.78, 5) is 18.1. The SMILES string of the molecule is O=C(CCN1CCC(O)(c2ccc(F)cc2)CC1)Nc1cccnc1. The van der Waals surface area contributed by atoms with E-state index in [1.165, 1.54) is 12.1 Å². The Bertz CT molecular complexity index is 698. The van der Waals surface area contributed by atoms with Crippen LogP contribution >= 0.6 is 0 Å². The van der Waals surface area contributed by atoms with Gasteiger partial charge in [-0.15, -0.1) is 0 Å². The van der Waals surface area contributed by atoms with Crippen molar-refractivity contribution >= 4 is 11.6 Å². The normalized spacial score (nSPS) is 17.2. The zero-order valence-electron chi connectivity index (χ0n) is 14.0. The topological polar surface area (TPSA) is 65.5 Å². The lowest BCUT2D eigenvalue weighted by molar-refractivity contribution is -0.116. The first-order valence-corrected chi connectivity index (χ1v) is 8.46. The zero-order valence-corrected chi connectivity index (χ0v) is 14.0. The van der Waals surface area contributed by atoms with Gasteiger partial charge in [0.25, 0.3) is 0 Å². The summed E-state index contributed by atoms with van der Waals surface area (Å²) in [6, 6.07) is 9.62. The van der Waals surface area contributed by atoms with Crippen LogP contribution in [0, 0.1) is 5.82 Å². The highest BCUT2D eigenvalue weighted by atomic mass is 19.1. The number of halogens is 1. The molecule has 1 fully saturated rings. The van der Waals surface area contributed by atoms with Gasteiger partial charge in [0.1, 0.15) is 5.82 Å². The van der Waals surface area contributed by atoms with Gasteiger partial charge in [0.2, 0.25) is 5.91 Å². The molecule has 1 amide bonds. The number of aliphatic hydroxyl groups is 1. The first-order chi connectivity index (χ1) is 12.0. The van der Waals surface area contributed by atoms with Crippen molar-refractivity contribution in [3.8, 4) is 0 Å². The molecule has 0 saturated carbocycles. The Kier molecular flexibility index (Phi) is 5.40. The molecule has 2 N–H and O–H groups in total. The average Bonchev–Trinajstić information content (AvgIpc) is 2.63. The fourth-order valence-corrected chi connectivity index (χ4v) is 3.12. The number of benzene rings is 1. The lowest BCUT2D eigenvalue weighted by atomic mass is 9.84. The molecule has 5 nitrogen and oxygen atoms in total. The Morgan fingerprint density at radius 2 is 1.96 bits per heavy atom. The lowest BCUT2D eigenvalue weighted by Crippen LogP contribution is -2.43. The highest BCUT2D eigenvalue weighted by Crippen LogP contribution is 2.32. The second kappa shape index (κ2) is 7.72. The molecule has 1 aromatic carbocycles. The molecule has 0 aliphatic carbocycles. The largest absolute Gasteiger partial charge is 0.385 e. The van der Waals surface area contributed by atoms with Crippen molar-refractivity contribution in [1.82, 2.24) is 9.88 Å². The highest BCUT2D eigenvalue weighted by molar-refractivity contribution is 5.90. The van der Waals surface area contributed by atoms with Crippen LogP contribution < -0.4 is 5.32 Å². The molecule has 1 aliphatic rings. The summed E-state index contributed by atoms with van der Waals surface area (Å²) in [6.07, 6.45) is 4.81. The number of hydrogen-bond donors (Lipinski definition) is 2. The van der Waals surface area contributed by atoms with Crippen LogP contribution in [-0.2, 0) is 10.4 Å². The van der Waals surface area contributed by atoms with Crippen molar-refractivity contribution < 1.29 is 14.3 Å². The number of likely N-dealkylation sites (tertiary alicyclic amines) is 1. The molecule has 1 aromatic heterocycles. The van der Waals surface area contributed by atoms with Crippen LogP contribution in [0.3, 0.4) is 0 Å². The summed E-state index contributed by atoms with van der Waals surface area (Å²) in [5.41, 5.74) is 0.530. The van der Waals surface area contributed by atoms with Crippen LogP contribution in [0.2, 0.25) is 0 Å². The Labute approximate surface area is 146 Å². The number of piperidine rings is 1. The predicted molar refractivity (Wildman–Crippen MR) is 93.5 cm³/mol. The van der Waals surface area contributed by atoms with Crippen molar-refractivity contribution in [1.29, 1.82) is 0 Å². The number of hydrogen-bond acceptors (Lipinski definition) is 4. The third kappa shape index (κ3) is 4.61. The lowest BCUT2D eigenvalue weighted by Gasteiger charge is -2.38. The summed E-state index contributed by atoms with van der Waals surface area (Å²) in [6.45, 7) is 2.05. The van der Waals surface area contributed by atoms with E-state index in [-0.39, 0.29) is 11.7 Å². The minimum atomic E-state index is -0.915. The molecule has 0 unspecified atom stereocenters. The van der Waals surface area contributed by atoms with Crippen molar-refractivity contribution in [2.24, 2.45) is 0 Å². The van der Waals surface area contributed by atoms with E-state index in [9.17, 15) is 14.3 Å². The molecule has 2 heterocycles. The third-order valence-corrected chi connectivity index (χ3v) is 4.67. The predicted octanol–water partition coefficient (Wildman–Crippen LogP) is 2.53. The summed E-state index contributed by atoms with van der Waals surface area (Å²) in [5.74, 6) is -0.350. The van der Waals surface area contributed by atoms with Crippen LogP contribution in [0.5, 0.6) is 0 Å². The molecule has 2 aromatic rings. The maximum atomic E-state index is 13.0. The fraction of sp³-hybridized carbons (Fsp3) is 0.368. The number of carbonyl (C=O) groups is 1. The molecule has 132 valence electrons. The van der Waals surface area contributed by atoms with Gasteiger partial charge >= 0.3 is 0 Å². The van der Waals surface area contributed by atoms with Gasteiger partial charge in [-0.2, -0.15) is 0 Å². The second-order valence-corrected chi connectivity index (χ2v) is 6.42. The van der Waals surface area contributed by atoms with Gasteiger partial charge in [-0.25, -0.2) is 4.39 Å². The van der Waals surface area contributed by atoms with E-state index in [4.69, 9.17) is 0 Å². The number of aromatic nitrogens is 1. The van der Waals surface area contributed by atoms with Crippen LogP contribution in [0.1, 0.15) is 24.8 Å². The monoisotopic (exact) mass is 343 g/mol. The van der Waals surface area contributed by atoms with Crippen LogP contribution in [0.15, 0.2) is 48.8 Å². The van der Waals surface area contributed by atoms with Gasteiger partial charge in [-0.05, 0) is 42.7 Å². The van der Waals surface area contributed by atoms with Crippen LogP contribution in [-0.4, -0.2) is 40.5 Å². The van der Waals surface area contributed by atoms with Gasteiger partial charge in [0.15, 0.2) is 0 Å². The zero-order chi connectivity index (χ0) is 17.7. The van der Waals surface area contributed by atoms with Crippen LogP contribution in [0.4, 0.5) is 10.1 Å². The van der Waals surface area contributed by atoms with Crippen molar-refractivity contribution in [2.45, 2.75) is 24.9 Å². The standard InChI is InChI=1S/C19H22FN3O2/c20-16-5-3-15(4-6-16)19(25)8-12-23(13-9-19)11-7-18(24)22-17-2-1-10-21-14-17/h1-6,10,14,25H,7-9,11-13H2,(H,22,24). The van der Waals surface area contributed by atoms with Crippen LogP contribution in [0.25, 0.3) is 0 Å². The Morgan fingerprint density at radius 1 is 1.24 bits per heavy atom. The number of rotatable bonds is 5. The highest BCUT2D eigenvalue weighted by Gasteiger charge is 2.33. The summed E-state index contributed by atoms with van der Waals surface area (Å²) < 4.78 is 13.0. The maximum absolute atomic E-state index is 13.0. The van der Waals surface area contributed by atoms with Gasteiger partial charge in [0.05, 0.1) is 17.5 Å². The minimum Gasteiger partial charge on any atom is -0.385 e. The second-order valence-electron chi connectivity index (χ2n) is 6.42. The van der Waals surface area contributed by atoms with Gasteiger partial charge in [0, 0.05) is 32.3 Å². The molecule has 25 heavy (non-hydrogen) atoms. The first kappa shape index (κ1) is 17.5. The molecule has 1 aliphatic heterocycles. The Hall–Kier alpha value is -2.31. The molecule has 0 spiro atoms. The van der Waals surface area contributed by atoms with Gasteiger partial charge < -0.3 is 15.3 Å². The van der Waals surface area contributed by atoms with E-state index in [1.807, 2.05) is 0 Å². The molecular weight excluding hydrogens is 321 g/mol. The minimum absolute atomic E-state index is 0.0487. The smallest absolute Gasteiger partial charge is 0.225 e. The van der Waals surface area contributed by atoms with Gasteiger partial charge in [-0.3, -0.25) is 9.78 Å². The Morgan fingerprint density at radius 3 is 2.60 bits per heavy atom. The third-order valence-electron chi connectivity index (χ3n) is 4.67. The van der Waals surface area contributed by atoms with Gasteiger partial charge in [-0.1, -0.05) is 12.1 Å². The first-order valence-electron chi connectivity index (χ1n) is 8.46. The summed E-state index contributed by atoms with van der Waals surface area (Å²) >= 11 is 0. The molecule has 3 rings (SSSR count). The van der Waals surface area contributed by atoms with E-state index in [0.717, 1.165) is 5.56 Å². The van der Waals surface area contributed by atoms with Crippen molar-refractivity contribution in [3.63, 3.8) is 0 Å². The van der Waals surface area contributed by atoms with Crippen molar-refractivity contribution in [3.05, 3.63) is 60.2 Å². The number of amides is 1. The molecule has 0 atom stereocenters. The maximum Gasteiger partial charge on any atom is 0.225 e. The number of carbonyl (C=O) groups excluding carboxylic acids is 1. The van der Waals surface area contributed by atoms with E-state index < -0.39 is 5.60 Å². The molecule has 0 radical (unpaired) electrons. The average molecular weight is 343 g/mol. The number of nitrogens with zero attached hydrogens (tertiary/aromatic N) is 2. The molecule has 6 heteroatoms.